The summed E-state index contributed by atoms with van der Waals surface area (Å²) in [6.45, 7) is 4.19. The SMILES string of the molecule is Cc1nn(Cc2c(Cl)cccc2Cl)c(C)c1NC(=O)c1ccc(Br)cc1. The molecule has 0 radical (unpaired) electrons. The minimum Gasteiger partial charge on any atom is -0.319 e. The van der Waals surface area contributed by atoms with Crippen molar-refractivity contribution < 1.29 is 4.79 Å². The van der Waals surface area contributed by atoms with Crippen LogP contribution in [0.2, 0.25) is 10.0 Å². The van der Waals surface area contributed by atoms with Crippen molar-refractivity contribution >= 4 is 50.7 Å². The topological polar surface area (TPSA) is 46.9 Å². The molecular formula is C19H16BrCl2N3O. The molecule has 0 atom stereocenters. The second kappa shape index (κ2) is 7.82. The molecule has 0 aliphatic rings. The van der Waals surface area contributed by atoms with E-state index in [0.717, 1.165) is 21.4 Å². The van der Waals surface area contributed by atoms with E-state index in [0.29, 0.717) is 27.8 Å². The lowest BCUT2D eigenvalue weighted by molar-refractivity contribution is 0.102. The Hall–Kier alpha value is -1.82. The molecule has 3 rings (SSSR count). The lowest BCUT2D eigenvalue weighted by Crippen LogP contribution is -2.13. The second-order valence-corrected chi connectivity index (χ2v) is 7.59. The van der Waals surface area contributed by atoms with E-state index in [-0.39, 0.29) is 5.91 Å². The zero-order valence-corrected chi connectivity index (χ0v) is 17.3. The highest BCUT2D eigenvalue weighted by Gasteiger charge is 2.17. The van der Waals surface area contributed by atoms with E-state index in [1.807, 2.05) is 26.0 Å². The van der Waals surface area contributed by atoms with Crippen molar-refractivity contribution in [1.82, 2.24) is 9.78 Å². The molecule has 4 nitrogen and oxygen atoms in total. The third-order valence-electron chi connectivity index (χ3n) is 4.10. The minimum absolute atomic E-state index is 0.181. The number of carbonyl (C=O) groups excluding carboxylic acids is 1. The number of anilines is 1. The Morgan fingerprint density at radius 3 is 2.35 bits per heavy atom. The van der Waals surface area contributed by atoms with Crippen LogP contribution in [0, 0.1) is 13.8 Å². The van der Waals surface area contributed by atoms with Gasteiger partial charge in [0.15, 0.2) is 0 Å². The normalized spacial score (nSPS) is 10.8. The predicted octanol–water partition coefficient (Wildman–Crippen LogP) is 5.87. The Morgan fingerprint density at radius 1 is 1.12 bits per heavy atom. The maximum atomic E-state index is 12.5. The molecular weight excluding hydrogens is 437 g/mol. The summed E-state index contributed by atoms with van der Waals surface area (Å²) in [6, 6.07) is 12.6. The van der Waals surface area contributed by atoms with Crippen LogP contribution >= 0.6 is 39.1 Å². The van der Waals surface area contributed by atoms with Crippen LogP contribution in [0.5, 0.6) is 0 Å². The molecule has 0 aliphatic carbocycles. The van der Waals surface area contributed by atoms with Gasteiger partial charge in [0, 0.05) is 25.6 Å². The maximum absolute atomic E-state index is 12.5. The van der Waals surface area contributed by atoms with Crippen molar-refractivity contribution in [3.8, 4) is 0 Å². The van der Waals surface area contributed by atoms with Crippen LogP contribution in [0.3, 0.4) is 0 Å². The number of rotatable bonds is 4. The lowest BCUT2D eigenvalue weighted by atomic mass is 10.2. The first-order chi connectivity index (χ1) is 12.4. The number of halogens is 3. The number of aryl methyl sites for hydroxylation is 1. The largest absolute Gasteiger partial charge is 0.319 e. The van der Waals surface area contributed by atoms with E-state index in [1.54, 1.807) is 35.0 Å². The Morgan fingerprint density at radius 2 is 1.73 bits per heavy atom. The summed E-state index contributed by atoms with van der Waals surface area (Å²) in [6.07, 6.45) is 0. The van der Waals surface area contributed by atoms with Crippen LogP contribution in [0.25, 0.3) is 0 Å². The summed E-state index contributed by atoms with van der Waals surface area (Å²) in [7, 11) is 0. The van der Waals surface area contributed by atoms with E-state index in [4.69, 9.17) is 23.2 Å². The number of nitrogens with zero attached hydrogens (tertiary/aromatic N) is 2. The van der Waals surface area contributed by atoms with Gasteiger partial charge in [0.1, 0.15) is 0 Å². The third-order valence-corrected chi connectivity index (χ3v) is 5.33. The summed E-state index contributed by atoms with van der Waals surface area (Å²) >= 11 is 15.9. The van der Waals surface area contributed by atoms with Crippen molar-refractivity contribution in [1.29, 1.82) is 0 Å². The van der Waals surface area contributed by atoms with Gasteiger partial charge in [-0.2, -0.15) is 5.10 Å². The fourth-order valence-electron chi connectivity index (χ4n) is 2.65. The van der Waals surface area contributed by atoms with Crippen LogP contribution in [0.15, 0.2) is 46.9 Å². The van der Waals surface area contributed by atoms with Crippen molar-refractivity contribution in [2.75, 3.05) is 5.32 Å². The highest BCUT2D eigenvalue weighted by Crippen LogP contribution is 2.27. The summed E-state index contributed by atoms with van der Waals surface area (Å²) < 4.78 is 2.71. The smallest absolute Gasteiger partial charge is 0.255 e. The van der Waals surface area contributed by atoms with Gasteiger partial charge in [0.25, 0.3) is 5.91 Å². The molecule has 0 spiro atoms. The van der Waals surface area contributed by atoms with Gasteiger partial charge in [-0.1, -0.05) is 45.2 Å². The summed E-state index contributed by atoms with van der Waals surface area (Å²) in [4.78, 5) is 12.5. The molecule has 0 unspecified atom stereocenters. The van der Waals surface area contributed by atoms with E-state index in [9.17, 15) is 4.79 Å². The number of aromatic nitrogens is 2. The summed E-state index contributed by atoms with van der Waals surface area (Å²) in [5.41, 5.74) is 3.64. The van der Waals surface area contributed by atoms with Gasteiger partial charge in [-0.25, -0.2) is 0 Å². The number of amides is 1. The van der Waals surface area contributed by atoms with Crippen LogP contribution < -0.4 is 5.32 Å². The van der Waals surface area contributed by atoms with Gasteiger partial charge >= 0.3 is 0 Å². The van der Waals surface area contributed by atoms with E-state index in [2.05, 4.69) is 26.3 Å². The molecule has 1 aromatic heterocycles. The van der Waals surface area contributed by atoms with Crippen molar-refractivity contribution in [3.63, 3.8) is 0 Å². The molecule has 0 fully saturated rings. The van der Waals surface area contributed by atoms with Crippen LogP contribution in [0.4, 0.5) is 5.69 Å². The first kappa shape index (κ1) is 19.0. The second-order valence-electron chi connectivity index (χ2n) is 5.86. The predicted molar refractivity (Wildman–Crippen MR) is 109 cm³/mol. The van der Waals surface area contributed by atoms with Crippen LogP contribution in [-0.2, 0) is 6.54 Å². The lowest BCUT2D eigenvalue weighted by Gasteiger charge is -2.10. The Kier molecular flexibility index (Phi) is 5.70. The Balaban J connectivity index is 1.86. The van der Waals surface area contributed by atoms with Gasteiger partial charge in [-0.3, -0.25) is 9.48 Å². The first-order valence-electron chi connectivity index (χ1n) is 7.90. The zero-order valence-electron chi connectivity index (χ0n) is 14.2. The third kappa shape index (κ3) is 3.95. The summed E-state index contributed by atoms with van der Waals surface area (Å²) in [5.74, 6) is -0.181. The quantitative estimate of drug-likeness (QED) is 0.538. The zero-order chi connectivity index (χ0) is 18.8. The highest BCUT2D eigenvalue weighted by molar-refractivity contribution is 9.10. The van der Waals surface area contributed by atoms with Crippen LogP contribution in [-0.4, -0.2) is 15.7 Å². The summed E-state index contributed by atoms with van der Waals surface area (Å²) in [5, 5.41) is 8.65. The molecule has 26 heavy (non-hydrogen) atoms. The Labute approximate surface area is 170 Å². The molecule has 0 bridgehead atoms. The van der Waals surface area contributed by atoms with Gasteiger partial charge in [0.05, 0.1) is 23.6 Å². The highest BCUT2D eigenvalue weighted by atomic mass is 79.9. The van der Waals surface area contributed by atoms with Crippen LogP contribution in [0.1, 0.15) is 27.3 Å². The molecule has 1 heterocycles. The van der Waals surface area contributed by atoms with Gasteiger partial charge in [-0.15, -0.1) is 0 Å². The average molecular weight is 453 g/mol. The fraction of sp³-hybridized carbons (Fsp3) is 0.158. The molecule has 1 N–H and O–H groups in total. The molecule has 1 amide bonds. The average Bonchev–Trinajstić information content (AvgIpc) is 2.86. The molecule has 7 heteroatoms. The van der Waals surface area contributed by atoms with E-state index in [1.165, 1.54) is 0 Å². The molecule has 0 aliphatic heterocycles. The number of benzene rings is 2. The van der Waals surface area contributed by atoms with E-state index >= 15 is 0 Å². The molecule has 0 saturated heterocycles. The first-order valence-corrected chi connectivity index (χ1v) is 9.45. The number of nitrogens with one attached hydrogen (secondary N) is 1. The number of carbonyl (C=O) groups is 1. The van der Waals surface area contributed by atoms with Gasteiger partial charge in [0.2, 0.25) is 0 Å². The standard InChI is InChI=1S/C19H16BrCl2N3O/c1-11-18(23-19(26)13-6-8-14(20)9-7-13)12(2)25(24-11)10-15-16(21)4-3-5-17(15)22/h3-9H,10H2,1-2H3,(H,23,26). The molecule has 134 valence electrons. The van der Waals surface area contributed by atoms with Gasteiger partial charge in [-0.05, 0) is 50.2 Å². The molecule has 0 saturated carbocycles. The molecule has 2 aromatic carbocycles. The minimum atomic E-state index is -0.181. The maximum Gasteiger partial charge on any atom is 0.255 e. The van der Waals surface area contributed by atoms with Crippen molar-refractivity contribution in [2.24, 2.45) is 0 Å². The monoisotopic (exact) mass is 451 g/mol. The van der Waals surface area contributed by atoms with Gasteiger partial charge < -0.3 is 5.32 Å². The number of hydrogen-bond donors (Lipinski definition) is 1. The fourth-order valence-corrected chi connectivity index (χ4v) is 3.43. The van der Waals surface area contributed by atoms with Crippen molar-refractivity contribution in [2.45, 2.75) is 20.4 Å². The van der Waals surface area contributed by atoms with Crippen molar-refractivity contribution in [3.05, 3.63) is 79.5 Å². The number of hydrogen-bond acceptors (Lipinski definition) is 2. The van der Waals surface area contributed by atoms with E-state index < -0.39 is 0 Å². The molecule has 3 aromatic rings. The Bertz CT molecular complexity index is 947.